The first-order valence-electron chi connectivity index (χ1n) is 5.26. The van der Waals surface area contributed by atoms with Gasteiger partial charge in [0.2, 0.25) is 0 Å². The van der Waals surface area contributed by atoms with E-state index in [0.717, 1.165) is 26.2 Å². The molecule has 0 unspecified atom stereocenters. The van der Waals surface area contributed by atoms with Gasteiger partial charge in [-0.15, -0.1) is 0 Å². The quantitative estimate of drug-likeness (QED) is 0.632. The number of hydrogen-bond donors (Lipinski definition) is 0. The maximum atomic E-state index is 12.4. The van der Waals surface area contributed by atoms with Crippen LogP contribution in [0.4, 0.5) is 13.2 Å². The van der Waals surface area contributed by atoms with Crippen LogP contribution in [-0.2, 0) is 16.0 Å². The summed E-state index contributed by atoms with van der Waals surface area (Å²) < 4.78 is 58.5. The van der Waals surface area contributed by atoms with Gasteiger partial charge in [0, 0.05) is 6.26 Å². The Morgan fingerprint density at radius 3 is 2.10 bits per heavy atom. The summed E-state index contributed by atoms with van der Waals surface area (Å²) >= 11 is 5.56. The molecule has 0 saturated carbocycles. The summed E-state index contributed by atoms with van der Waals surface area (Å²) in [7, 11) is -3.76. The Bertz CT molecular complexity index is 653. The predicted molar refractivity (Wildman–Crippen MR) is 67.5 cm³/mol. The zero-order valence-corrected chi connectivity index (χ0v) is 12.3. The summed E-state index contributed by atoms with van der Waals surface area (Å²) in [6.45, 7) is 2.30. The number of aromatic nitrogens is 1. The molecule has 0 N–H and O–H groups in total. The Hall–Kier alpha value is -1.15. The van der Waals surface area contributed by atoms with E-state index in [0.29, 0.717) is 6.07 Å². The highest BCUT2D eigenvalue weighted by Crippen LogP contribution is 2.31. The summed E-state index contributed by atoms with van der Waals surface area (Å²) in [4.78, 5) is 15.2. The number of carbonyl (C=O) groups excluding carboxylic acids is 1. The van der Waals surface area contributed by atoms with Gasteiger partial charge in [0.05, 0.1) is 5.56 Å². The molecule has 0 radical (unpaired) electrons. The van der Waals surface area contributed by atoms with Crippen LogP contribution >= 0.6 is 11.6 Å². The van der Waals surface area contributed by atoms with Crippen molar-refractivity contribution in [3.05, 3.63) is 28.5 Å². The zero-order valence-electron chi connectivity index (χ0n) is 10.7. The molecule has 1 aromatic heterocycles. The molecule has 0 aromatic carbocycles. The van der Waals surface area contributed by atoms with Gasteiger partial charge < -0.3 is 0 Å². The Balaban J connectivity index is 3.34. The molecular formula is C11H11ClF3NO3S. The number of rotatable bonds is 3. The van der Waals surface area contributed by atoms with E-state index in [-0.39, 0.29) is 5.56 Å². The Kier molecular flexibility index (Phi) is 4.22. The minimum Gasteiger partial charge on any atom is -0.292 e. The molecule has 0 aliphatic carbocycles. The molecule has 0 atom stereocenters. The van der Waals surface area contributed by atoms with E-state index in [9.17, 15) is 26.4 Å². The zero-order chi connectivity index (χ0) is 15.9. The molecule has 112 valence electrons. The molecule has 0 saturated heterocycles. The highest BCUT2D eigenvalue weighted by Gasteiger charge is 2.41. The summed E-state index contributed by atoms with van der Waals surface area (Å²) in [5.41, 5.74) is -1.62. The largest absolute Gasteiger partial charge is 0.433 e. The SMILES string of the molecule is CC(C)(C(=O)c1ccc(C(F)(F)F)nc1Cl)S(C)(=O)=O. The van der Waals surface area contributed by atoms with Gasteiger partial charge in [-0.2, -0.15) is 13.2 Å². The normalized spacial score (nSPS) is 13.3. The van der Waals surface area contributed by atoms with E-state index >= 15 is 0 Å². The molecule has 0 aliphatic heterocycles. The number of nitrogens with zero attached hydrogens (tertiary/aromatic N) is 1. The number of Topliss-reactive ketones (excluding diaryl/α,β-unsaturated/α-hetero) is 1. The van der Waals surface area contributed by atoms with Crippen molar-refractivity contribution in [1.29, 1.82) is 0 Å². The van der Waals surface area contributed by atoms with Gasteiger partial charge in [0.25, 0.3) is 0 Å². The highest BCUT2D eigenvalue weighted by molar-refractivity contribution is 7.92. The topological polar surface area (TPSA) is 64.1 Å². The van der Waals surface area contributed by atoms with Crippen molar-refractivity contribution in [3.63, 3.8) is 0 Å². The Morgan fingerprint density at radius 2 is 1.75 bits per heavy atom. The molecule has 9 heteroatoms. The lowest BCUT2D eigenvalue weighted by Gasteiger charge is -2.21. The van der Waals surface area contributed by atoms with Crippen LogP contribution in [0.1, 0.15) is 29.9 Å². The lowest BCUT2D eigenvalue weighted by molar-refractivity contribution is -0.141. The van der Waals surface area contributed by atoms with E-state index < -0.39 is 37.4 Å². The summed E-state index contributed by atoms with van der Waals surface area (Å²) in [5.74, 6) is -0.911. The van der Waals surface area contributed by atoms with Crippen molar-refractivity contribution in [3.8, 4) is 0 Å². The van der Waals surface area contributed by atoms with Crippen LogP contribution in [0.25, 0.3) is 0 Å². The van der Waals surface area contributed by atoms with Crippen molar-refractivity contribution in [2.75, 3.05) is 6.26 Å². The van der Waals surface area contributed by atoms with E-state index in [4.69, 9.17) is 11.6 Å². The van der Waals surface area contributed by atoms with Crippen molar-refractivity contribution in [2.45, 2.75) is 24.8 Å². The van der Waals surface area contributed by atoms with Crippen molar-refractivity contribution >= 4 is 27.2 Å². The molecule has 0 aliphatic rings. The third-order valence-electron chi connectivity index (χ3n) is 2.86. The Morgan fingerprint density at radius 1 is 1.25 bits per heavy atom. The van der Waals surface area contributed by atoms with E-state index in [1.54, 1.807) is 0 Å². The second-order valence-electron chi connectivity index (χ2n) is 4.64. The molecule has 1 aromatic rings. The molecule has 0 bridgehead atoms. The van der Waals surface area contributed by atoms with Gasteiger partial charge in [-0.1, -0.05) is 11.6 Å². The third kappa shape index (κ3) is 3.12. The number of halogens is 4. The van der Waals surface area contributed by atoms with Gasteiger partial charge in [0.15, 0.2) is 15.6 Å². The van der Waals surface area contributed by atoms with Crippen LogP contribution in [-0.4, -0.2) is 30.2 Å². The minimum absolute atomic E-state index is 0.366. The number of hydrogen-bond acceptors (Lipinski definition) is 4. The van der Waals surface area contributed by atoms with Crippen LogP contribution in [0, 0.1) is 0 Å². The van der Waals surface area contributed by atoms with Crippen LogP contribution < -0.4 is 0 Å². The van der Waals surface area contributed by atoms with Crippen molar-refractivity contribution < 1.29 is 26.4 Å². The van der Waals surface area contributed by atoms with Crippen LogP contribution in [0.15, 0.2) is 12.1 Å². The summed E-state index contributed by atoms with van der Waals surface area (Å²) in [5, 5.41) is -0.679. The number of ketones is 1. The lowest BCUT2D eigenvalue weighted by Crippen LogP contribution is -2.40. The minimum atomic E-state index is -4.70. The van der Waals surface area contributed by atoms with E-state index in [1.165, 1.54) is 0 Å². The second kappa shape index (κ2) is 5.00. The Labute approximate surface area is 118 Å². The molecule has 1 rings (SSSR count). The molecule has 20 heavy (non-hydrogen) atoms. The fourth-order valence-corrected chi connectivity index (χ4v) is 1.94. The third-order valence-corrected chi connectivity index (χ3v) is 5.19. The fraction of sp³-hybridized carbons (Fsp3) is 0.455. The molecule has 1 heterocycles. The maximum absolute atomic E-state index is 12.4. The number of alkyl halides is 3. The molecule has 0 spiro atoms. The number of pyridine rings is 1. The van der Waals surface area contributed by atoms with Gasteiger partial charge in [-0.25, -0.2) is 13.4 Å². The van der Waals surface area contributed by atoms with E-state index in [2.05, 4.69) is 4.98 Å². The van der Waals surface area contributed by atoms with Gasteiger partial charge in [-0.3, -0.25) is 4.79 Å². The molecular weight excluding hydrogens is 319 g/mol. The first kappa shape index (κ1) is 16.9. The maximum Gasteiger partial charge on any atom is 0.433 e. The molecule has 0 amide bonds. The smallest absolute Gasteiger partial charge is 0.292 e. The summed E-state index contributed by atoms with van der Waals surface area (Å²) in [6, 6.07) is 1.41. The average molecular weight is 330 g/mol. The van der Waals surface area contributed by atoms with Crippen LogP contribution in [0.3, 0.4) is 0 Å². The first-order valence-corrected chi connectivity index (χ1v) is 7.53. The van der Waals surface area contributed by atoms with E-state index in [1.807, 2.05) is 0 Å². The first-order chi connectivity index (χ1) is 8.78. The monoisotopic (exact) mass is 329 g/mol. The molecule has 0 fully saturated rings. The highest BCUT2D eigenvalue weighted by atomic mass is 35.5. The second-order valence-corrected chi connectivity index (χ2v) is 7.57. The fourth-order valence-electron chi connectivity index (χ4n) is 1.25. The van der Waals surface area contributed by atoms with Gasteiger partial charge >= 0.3 is 6.18 Å². The van der Waals surface area contributed by atoms with Crippen molar-refractivity contribution in [2.24, 2.45) is 0 Å². The van der Waals surface area contributed by atoms with Gasteiger partial charge in [-0.05, 0) is 26.0 Å². The number of sulfone groups is 1. The summed E-state index contributed by atoms with van der Waals surface area (Å²) in [6.07, 6.45) is -3.84. The molecule has 4 nitrogen and oxygen atoms in total. The van der Waals surface area contributed by atoms with Crippen LogP contribution in [0.2, 0.25) is 5.15 Å². The number of carbonyl (C=O) groups is 1. The predicted octanol–water partition coefficient (Wildman–Crippen LogP) is 2.76. The van der Waals surface area contributed by atoms with Crippen LogP contribution in [0.5, 0.6) is 0 Å². The van der Waals surface area contributed by atoms with Gasteiger partial charge in [0.1, 0.15) is 15.6 Å². The lowest BCUT2D eigenvalue weighted by atomic mass is 10.0. The average Bonchev–Trinajstić information content (AvgIpc) is 2.25. The standard InChI is InChI=1S/C11H11ClF3NO3S/c1-10(2,20(3,18)19)8(17)6-4-5-7(11(13,14)15)16-9(6)12/h4-5H,1-3H3. The van der Waals surface area contributed by atoms with Crippen molar-refractivity contribution in [1.82, 2.24) is 4.98 Å².